The van der Waals surface area contributed by atoms with E-state index >= 15 is 0 Å². The van der Waals surface area contributed by atoms with E-state index in [4.69, 9.17) is 26.2 Å². The molecule has 0 bridgehead atoms. The lowest BCUT2D eigenvalue weighted by Gasteiger charge is -2.15. The molecule has 0 aromatic heterocycles. The molecule has 150 valence electrons. The number of ether oxygens (including phenoxy) is 2. The number of carboxylic acids is 1. The number of carboxylic acid groups (broad SMARTS) is 1. The number of methoxy groups -OCH3 is 1. The van der Waals surface area contributed by atoms with E-state index in [0.717, 1.165) is 16.8 Å². The second-order valence-corrected chi connectivity index (χ2v) is 7.01. The van der Waals surface area contributed by atoms with Gasteiger partial charge < -0.3 is 19.9 Å². The van der Waals surface area contributed by atoms with E-state index in [2.05, 4.69) is 5.32 Å². The molecule has 5 nitrogen and oxygen atoms in total. The third-order valence-corrected chi connectivity index (χ3v) is 4.81. The molecule has 0 heterocycles. The van der Waals surface area contributed by atoms with Crippen LogP contribution in [0.2, 0.25) is 5.02 Å². The average molecular weight is 412 g/mol. The van der Waals surface area contributed by atoms with Crippen LogP contribution in [0.3, 0.4) is 0 Å². The van der Waals surface area contributed by atoms with Crippen molar-refractivity contribution < 1.29 is 19.4 Å². The quantitative estimate of drug-likeness (QED) is 0.509. The van der Waals surface area contributed by atoms with Gasteiger partial charge in [-0.25, -0.2) is 4.79 Å². The Morgan fingerprint density at radius 2 is 1.72 bits per heavy atom. The number of rotatable bonds is 8. The Labute approximate surface area is 174 Å². The molecule has 0 fully saturated rings. The molecule has 0 radical (unpaired) electrons. The zero-order valence-corrected chi connectivity index (χ0v) is 17.0. The minimum Gasteiger partial charge on any atom is -0.493 e. The molecule has 0 atom stereocenters. The van der Waals surface area contributed by atoms with Crippen molar-refractivity contribution in [1.29, 1.82) is 0 Å². The summed E-state index contributed by atoms with van der Waals surface area (Å²) in [6.45, 7) is 2.92. The Morgan fingerprint density at radius 3 is 2.34 bits per heavy atom. The van der Waals surface area contributed by atoms with Gasteiger partial charge in [0, 0.05) is 23.3 Å². The average Bonchev–Trinajstić information content (AvgIpc) is 2.73. The van der Waals surface area contributed by atoms with Crippen LogP contribution in [0.25, 0.3) is 0 Å². The molecule has 0 spiro atoms. The second-order valence-electron chi connectivity index (χ2n) is 6.60. The monoisotopic (exact) mass is 411 g/mol. The predicted molar refractivity (Wildman–Crippen MR) is 114 cm³/mol. The first-order valence-electron chi connectivity index (χ1n) is 9.08. The number of aromatic carboxylic acids is 1. The molecule has 0 aliphatic rings. The maximum Gasteiger partial charge on any atom is 0.335 e. The van der Waals surface area contributed by atoms with Crippen LogP contribution in [0.1, 0.15) is 27.0 Å². The largest absolute Gasteiger partial charge is 0.493 e. The number of hydrogen-bond acceptors (Lipinski definition) is 4. The highest BCUT2D eigenvalue weighted by molar-refractivity contribution is 6.31. The van der Waals surface area contributed by atoms with Gasteiger partial charge in [-0.2, -0.15) is 0 Å². The molecule has 0 aliphatic heterocycles. The fourth-order valence-corrected chi connectivity index (χ4v) is 2.98. The molecular formula is C23H22ClNO4. The number of benzene rings is 3. The van der Waals surface area contributed by atoms with Gasteiger partial charge in [-0.05, 0) is 48.4 Å². The molecule has 0 unspecified atom stereocenters. The van der Waals surface area contributed by atoms with Crippen LogP contribution in [0, 0.1) is 6.92 Å². The first kappa shape index (κ1) is 20.6. The van der Waals surface area contributed by atoms with E-state index in [9.17, 15) is 4.79 Å². The smallest absolute Gasteiger partial charge is 0.335 e. The number of hydrogen-bond donors (Lipinski definition) is 2. The Balaban J connectivity index is 1.68. The Kier molecular flexibility index (Phi) is 6.62. The van der Waals surface area contributed by atoms with E-state index in [0.29, 0.717) is 29.7 Å². The summed E-state index contributed by atoms with van der Waals surface area (Å²) in [5.41, 5.74) is 4.14. The van der Waals surface area contributed by atoms with Crippen LogP contribution in [0.15, 0.2) is 60.7 Å². The van der Waals surface area contributed by atoms with Gasteiger partial charge in [-0.15, -0.1) is 0 Å². The van der Waals surface area contributed by atoms with Crippen LogP contribution >= 0.6 is 11.6 Å². The van der Waals surface area contributed by atoms with Crippen LogP contribution in [-0.4, -0.2) is 18.2 Å². The maximum atomic E-state index is 10.9. The zero-order chi connectivity index (χ0) is 20.8. The molecule has 2 N–H and O–H groups in total. The lowest BCUT2D eigenvalue weighted by molar-refractivity contribution is 0.0697. The predicted octanol–water partition coefficient (Wildman–Crippen LogP) is 5.55. The molecule has 3 aromatic carbocycles. The zero-order valence-electron chi connectivity index (χ0n) is 16.2. The SMILES string of the molecule is COc1cc(CNc2ccc(C(=O)O)cc2)c(Cl)cc1OCc1ccc(C)cc1. The van der Waals surface area contributed by atoms with Gasteiger partial charge in [0.05, 0.1) is 12.7 Å². The summed E-state index contributed by atoms with van der Waals surface area (Å²) in [7, 11) is 1.59. The number of nitrogens with one attached hydrogen (secondary N) is 1. The molecule has 0 aliphatic carbocycles. The first-order chi connectivity index (χ1) is 14.0. The van der Waals surface area contributed by atoms with Gasteiger partial charge in [0.2, 0.25) is 0 Å². The third-order valence-electron chi connectivity index (χ3n) is 4.46. The molecule has 0 saturated heterocycles. The van der Waals surface area contributed by atoms with Crippen LogP contribution in [0.5, 0.6) is 11.5 Å². The molecule has 3 aromatic rings. The van der Waals surface area contributed by atoms with Crippen molar-refractivity contribution in [1.82, 2.24) is 0 Å². The topological polar surface area (TPSA) is 67.8 Å². The second kappa shape index (κ2) is 9.34. The summed E-state index contributed by atoms with van der Waals surface area (Å²) < 4.78 is 11.4. The van der Waals surface area contributed by atoms with E-state index in [1.54, 1.807) is 37.4 Å². The highest BCUT2D eigenvalue weighted by Crippen LogP contribution is 2.34. The van der Waals surface area contributed by atoms with Crippen molar-refractivity contribution in [3.8, 4) is 11.5 Å². The Bertz CT molecular complexity index is 985. The van der Waals surface area contributed by atoms with Crippen molar-refractivity contribution in [2.75, 3.05) is 12.4 Å². The third kappa shape index (κ3) is 5.42. The number of anilines is 1. The van der Waals surface area contributed by atoms with Gasteiger partial charge in [-0.1, -0.05) is 41.4 Å². The van der Waals surface area contributed by atoms with Crippen LogP contribution in [-0.2, 0) is 13.2 Å². The maximum absolute atomic E-state index is 10.9. The first-order valence-corrected chi connectivity index (χ1v) is 9.46. The van der Waals surface area contributed by atoms with Gasteiger partial charge in [0.15, 0.2) is 11.5 Å². The summed E-state index contributed by atoms with van der Waals surface area (Å²) in [5, 5.41) is 12.8. The minimum absolute atomic E-state index is 0.241. The van der Waals surface area contributed by atoms with Crippen molar-refractivity contribution in [2.45, 2.75) is 20.1 Å². The van der Waals surface area contributed by atoms with Gasteiger partial charge in [0.1, 0.15) is 6.61 Å². The number of carbonyl (C=O) groups is 1. The highest BCUT2D eigenvalue weighted by Gasteiger charge is 2.11. The van der Waals surface area contributed by atoms with Crippen molar-refractivity contribution in [2.24, 2.45) is 0 Å². The number of halogens is 1. The lowest BCUT2D eigenvalue weighted by atomic mass is 10.1. The molecule has 0 amide bonds. The van der Waals surface area contributed by atoms with Crippen molar-refractivity contribution in [3.63, 3.8) is 0 Å². The summed E-state index contributed by atoms with van der Waals surface area (Å²) in [4.78, 5) is 10.9. The molecule has 6 heteroatoms. The fraction of sp³-hybridized carbons (Fsp3) is 0.174. The minimum atomic E-state index is -0.953. The highest BCUT2D eigenvalue weighted by atomic mass is 35.5. The summed E-state index contributed by atoms with van der Waals surface area (Å²) in [6, 6.07) is 18.3. The van der Waals surface area contributed by atoms with E-state index in [-0.39, 0.29) is 5.56 Å². The van der Waals surface area contributed by atoms with Crippen LogP contribution in [0.4, 0.5) is 5.69 Å². The molecular weight excluding hydrogens is 390 g/mol. The lowest BCUT2D eigenvalue weighted by Crippen LogP contribution is -2.03. The fourth-order valence-electron chi connectivity index (χ4n) is 2.76. The van der Waals surface area contributed by atoms with E-state index in [1.807, 2.05) is 37.3 Å². The van der Waals surface area contributed by atoms with Crippen molar-refractivity contribution >= 4 is 23.3 Å². The summed E-state index contributed by atoms with van der Waals surface area (Å²) >= 11 is 6.44. The van der Waals surface area contributed by atoms with Gasteiger partial charge in [0.25, 0.3) is 0 Å². The molecule has 29 heavy (non-hydrogen) atoms. The Hall–Kier alpha value is -3.18. The standard InChI is InChI=1S/C23H22ClNO4/c1-15-3-5-16(6-4-15)14-29-22-12-20(24)18(11-21(22)28-2)13-25-19-9-7-17(8-10-19)23(26)27/h3-12,25H,13-14H2,1-2H3,(H,26,27). The summed E-state index contributed by atoms with van der Waals surface area (Å²) in [5.74, 6) is 0.220. The van der Waals surface area contributed by atoms with Crippen LogP contribution < -0.4 is 14.8 Å². The normalized spacial score (nSPS) is 10.4. The van der Waals surface area contributed by atoms with E-state index < -0.39 is 5.97 Å². The van der Waals surface area contributed by atoms with Crippen molar-refractivity contribution in [3.05, 3.63) is 87.9 Å². The Morgan fingerprint density at radius 1 is 1.03 bits per heavy atom. The summed E-state index contributed by atoms with van der Waals surface area (Å²) in [6.07, 6.45) is 0. The molecule has 0 saturated carbocycles. The van der Waals surface area contributed by atoms with E-state index in [1.165, 1.54) is 5.56 Å². The van der Waals surface area contributed by atoms with Gasteiger partial charge >= 0.3 is 5.97 Å². The van der Waals surface area contributed by atoms with Gasteiger partial charge in [-0.3, -0.25) is 0 Å². The molecule has 3 rings (SSSR count). The number of aryl methyl sites for hydroxylation is 1.